The van der Waals surface area contributed by atoms with Crippen molar-refractivity contribution in [1.29, 1.82) is 0 Å². The maximum absolute atomic E-state index is 11.3. The molecule has 0 rings (SSSR count). The van der Waals surface area contributed by atoms with Crippen LogP contribution >= 0.6 is 0 Å². The van der Waals surface area contributed by atoms with E-state index < -0.39 is 12.0 Å². The molecule has 0 aromatic heterocycles. The van der Waals surface area contributed by atoms with Crippen molar-refractivity contribution in [2.75, 3.05) is 13.1 Å². The Morgan fingerprint density at radius 2 is 2.07 bits per heavy atom. The van der Waals surface area contributed by atoms with Gasteiger partial charge in [0.05, 0.1) is 6.54 Å². The fourth-order valence-corrected chi connectivity index (χ4v) is 1.03. The summed E-state index contributed by atoms with van der Waals surface area (Å²) in [6.45, 7) is 7.60. The molecule has 5 nitrogen and oxygen atoms in total. The summed E-state index contributed by atoms with van der Waals surface area (Å²) in [6.07, 6.45) is 1.63. The van der Waals surface area contributed by atoms with Crippen LogP contribution in [0.5, 0.6) is 0 Å². The summed E-state index contributed by atoms with van der Waals surface area (Å²) in [5, 5.41) is 14.0. The predicted molar refractivity (Wildman–Crippen MR) is 57.5 cm³/mol. The van der Waals surface area contributed by atoms with Gasteiger partial charge in [-0.2, -0.15) is 0 Å². The van der Waals surface area contributed by atoms with Crippen LogP contribution in [0.25, 0.3) is 0 Å². The van der Waals surface area contributed by atoms with E-state index in [9.17, 15) is 9.59 Å². The number of carboxylic acids is 1. The van der Waals surface area contributed by atoms with Crippen molar-refractivity contribution in [3.05, 3.63) is 12.7 Å². The van der Waals surface area contributed by atoms with Crippen LogP contribution in [0.4, 0.5) is 0 Å². The molecule has 86 valence electrons. The van der Waals surface area contributed by atoms with Gasteiger partial charge in [-0.15, -0.1) is 6.58 Å². The number of carboxylic acid groups (broad SMARTS) is 1. The highest BCUT2D eigenvalue weighted by Gasteiger charge is 2.22. The molecule has 0 aliphatic carbocycles. The van der Waals surface area contributed by atoms with Crippen molar-refractivity contribution in [3.8, 4) is 0 Å². The predicted octanol–water partition coefficient (Wildman–Crippen LogP) is -0.0126. The highest BCUT2D eigenvalue weighted by Crippen LogP contribution is 2.00. The third-order valence-corrected chi connectivity index (χ3v) is 1.82. The third kappa shape index (κ3) is 5.85. The highest BCUT2D eigenvalue weighted by molar-refractivity contribution is 5.84. The van der Waals surface area contributed by atoms with Crippen LogP contribution in [0.2, 0.25) is 0 Å². The van der Waals surface area contributed by atoms with Crippen molar-refractivity contribution in [3.63, 3.8) is 0 Å². The largest absolute Gasteiger partial charge is 0.480 e. The summed E-state index contributed by atoms with van der Waals surface area (Å²) >= 11 is 0. The first-order valence-corrected chi connectivity index (χ1v) is 4.82. The molecule has 0 unspecified atom stereocenters. The number of carbonyl (C=O) groups is 2. The molecule has 1 amide bonds. The van der Waals surface area contributed by atoms with E-state index >= 15 is 0 Å². The standard InChI is InChI=1S/C10H18N2O3/c1-4-5-11-6-8(13)12-9(7(2)3)10(14)15/h4,7,9,11H,1,5-6H2,2-3H3,(H,12,13)(H,14,15)/t9-/m1/s1. The van der Waals surface area contributed by atoms with Crippen molar-refractivity contribution in [2.45, 2.75) is 19.9 Å². The Balaban J connectivity index is 4.00. The van der Waals surface area contributed by atoms with E-state index in [1.165, 1.54) is 0 Å². The molecule has 3 N–H and O–H groups in total. The van der Waals surface area contributed by atoms with Gasteiger partial charge >= 0.3 is 5.97 Å². The topological polar surface area (TPSA) is 78.4 Å². The van der Waals surface area contributed by atoms with Crippen molar-refractivity contribution in [1.82, 2.24) is 10.6 Å². The summed E-state index contributed by atoms with van der Waals surface area (Å²) < 4.78 is 0. The Bertz CT molecular complexity index is 239. The van der Waals surface area contributed by atoms with Gasteiger partial charge in [0.25, 0.3) is 0 Å². The average molecular weight is 214 g/mol. The molecule has 0 heterocycles. The van der Waals surface area contributed by atoms with E-state index in [0.29, 0.717) is 6.54 Å². The Morgan fingerprint density at radius 3 is 2.47 bits per heavy atom. The van der Waals surface area contributed by atoms with Crippen molar-refractivity contribution < 1.29 is 14.7 Å². The first-order chi connectivity index (χ1) is 6.99. The zero-order valence-corrected chi connectivity index (χ0v) is 9.12. The molecule has 0 aromatic carbocycles. The minimum Gasteiger partial charge on any atom is -0.480 e. The second-order valence-electron chi connectivity index (χ2n) is 3.55. The van der Waals surface area contributed by atoms with Crippen LogP contribution in [-0.2, 0) is 9.59 Å². The Morgan fingerprint density at radius 1 is 1.47 bits per heavy atom. The molecule has 0 fully saturated rings. The highest BCUT2D eigenvalue weighted by atomic mass is 16.4. The minimum atomic E-state index is -1.01. The summed E-state index contributed by atoms with van der Waals surface area (Å²) in [5.41, 5.74) is 0. The molecular formula is C10H18N2O3. The van der Waals surface area contributed by atoms with Gasteiger partial charge in [-0.3, -0.25) is 4.79 Å². The molecule has 1 atom stereocenters. The van der Waals surface area contributed by atoms with Crippen molar-refractivity contribution in [2.24, 2.45) is 5.92 Å². The van der Waals surface area contributed by atoms with Gasteiger partial charge in [0.1, 0.15) is 6.04 Å². The number of aliphatic carboxylic acids is 1. The van der Waals surface area contributed by atoms with Gasteiger partial charge in [0.15, 0.2) is 0 Å². The van der Waals surface area contributed by atoms with Gasteiger partial charge in [-0.25, -0.2) is 4.79 Å². The summed E-state index contributed by atoms with van der Waals surface area (Å²) in [6, 6.07) is -0.831. The van der Waals surface area contributed by atoms with Crippen LogP contribution < -0.4 is 10.6 Å². The lowest BCUT2D eigenvalue weighted by Crippen LogP contribution is -2.47. The minimum absolute atomic E-state index is 0.0997. The molecule has 0 radical (unpaired) electrons. The fraction of sp³-hybridized carbons (Fsp3) is 0.600. The van der Waals surface area contributed by atoms with Crippen LogP contribution in [0.15, 0.2) is 12.7 Å². The van der Waals surface area contributed by atoms with Gasteiger partial charge in [0, 0.05) is 6.54 Å². The normalized spacial score (nSPS) is 12.2. The average Bonchev–Trinajstić information content (AvgIpc) is 2.13. The lowest BCUT2D eigenvalue weighted by atomic mass is 10.1. The quantitative estimate of drug-likeness (QED) is 0.411. The SMILES string of the molecule is C=CCNCC(=O)N[C@@H](C(=O)O)C(C)C. The lowest BCUT2D eigenvalue weighted by Gasteiger charge is -2.17. The van der Waals surface area contributed by atoms with Crippen molar-refractivity contribution >= 4 is 11.9 Å². The number of hydrogen-bond donors (Lipinski definition) is 3. The van der Waals surface area contributed by atoms with Crippen LogP contribution in [0.3, 0.4) is 0 Å². The van der Waals surface area contributed by atoms with E-state index in [1.807, 2.05) is 0 Å². The van der Waals surface area contributed by atoms with Gasteiger partial charge in [-0.05, 0) is 5.92 Å². The Hall–Kier alpha value is -1.36. The maximum atomic E-state index is 11.3. The van der Waals surface area contributed by atoms with E-state index in [1.54, 1.807) is 19.9 Å². The number of hydrogen-bond acceptors (Lipinski definition) is 3. The molecule has 0 aromatic rings. The van der Waals surface area contributed by atoms with E-state index in [2.05, 4.69) is 17.2 Å². The van der Waals surface area contributed by atoms with E-state index in [0.717, 1.165) is 0 Å². The molecule has 15 heavy (non-hydrogen) atoms. The monoisotopic (exact) mass is 214 g/mol. The van der Waals surface area contributed by atoms with Crippen LogP contribution in [-0.4, -0.2) is 36.1 Å². The molecular weight excluding hydrogens is 196 g/mol. The molecule has 0 spiro atoms. The maximum Gasteiger partial charge on any atom is 0.326 e. The van der Waals surface area contributed by atoms with Crippen LogP contribution in [0, 0.1) is 5.92 Å². The first kappa shape index (κ1) is 13.6. The number of rotatable bonds is 7. The molecule has 5 heteroatoms. The first-order valence-electron chi connectivity index (χ1n) is 4.82. The van der Waals surface area contributed by atoms with Gasteiger partial charge < -0.3 is 15.7 Å². The fourth-order valence-electron chi connectivity index (χ4n) is 1.03. The van der Waals surface area contributed by atoms with Gasteiger partial charge in [-0.1, -0.05) is 19.9 Å². The zero-order valence-electron chi connectivity index (χ0n) is 9.12. The summed E-state index contributed by atoms with van der Waals surface area (Å²) in [5.74, 6) is -1.47. The number of nitrogens with one attached hydrogen (secondary N) is 2. The van der Waals surface area contributed by atoms with E-state index in [4.69, 9.17) is 5.11 Å². The van der Waals surface area contributed by atoms with E-state index in [-0.39, 0.29) is 18.4 Å². The number of carbonyl (C=O) groups excluding carboxylic acids is 1. The molecule has 0 bridgehead atoms. The summed E-state index contributed by atoms with van der Waals surface area (Å²) in [4.78, 5) is 22.0. The Labute approximate surface area is 89.6 Å². The second-order valence-corrected chi connectivity index (χ2v) is 3.55. The van der Waals surface area contributed by atoms with Crippen LogP contribution in [0.1, 0.15) is 13.8 Å². The molecule has 0 saturated heterocycles. The number of amides is 1. The smallest absolute Gasteiger partial charge is 0.326 e. The summed E-state index contributed by atoms with van der Waals surface area (Å²) in [7, 11) is 0. The second kappa shape index (κ2) is 7.00. The Kier molecular flexibility index (Phi) is 6.37. The molecule has 0 saturated carbocycles. The zero-order chi connectivity index (χ0) is 11.8. The lowest BCUT2D eigenvalue weighted by molar-refractivity contribution is -0.142. The molecule has 0 aliphatic rings. The molecule has 0 aliphatic heterocycles. The third-order valence-electron chi connectivity index (χ3n) is 1.82. The van der Waals surface area contributed by atoms with Gasteiger partial charge in [0.2, 0.25) is 5.91 Å².